The molecule has 0 aliphatic rings. The van der Waals surface area contributed by atoms with Crippen molar-refractivity contribution >= 4 is 23.5 Å². The summed E-state index contributed by atoms with van der Waals surface area (Å²) in [6.45, 7) is 5.74. The lowest BCUT2D eigenvalue weighted by molar-refractivity contribution is -0.121. The quantitative estimate of drug-likeness (QED) is 0.442. The van der Waals surface area contributed by atoms with Crippen LogP contribution in [0.3, 0.4) is 0 Å². The molecule has 10 heteroatoms. The minimum absolute atomic E-state index is 0.0522. The van der Waals surface area contributed by atoms with Gasteiger partial charge in [-0.1, -0.05) is 0 Å². The third-order valence-electron chi connectivity index (χ3n) is 4.49. The zero-order chi connectivity index (χ0) is 25.1. The third kappa shape index (κ3) is 7.36. The van der Waals surface area contributed by atoms with Crippen molar-refractivity contribution in [2.24, 2.45) is 5.73 Å². The fourth-order valence-electron chi connectivity index (χ4n) is 3.04. The summed E-state index contributed by atoms with van der Waals surface area (Å²) in [6.07, 6.45) is -0.120. The minimum Gasteiger partial charge on any atom is -0.490 e. The largest absolute Gasteiger partial charge is 0.490 e. The van der Waals surface area contributed by atoms with E-state index in [0.29, 0.717) is 42.8 Å². The fourth-order valence-corrected chi connectivity index (χ4v) is 3.04. The molecule has 0 unspecified atom stereocenters. The Labute approximate surface area is 197 Å². The maximum Gasteiger partial charge on any atom is 0.338 e. The highest BCUT2D eigenvalue weighted by Crippen LogP contribution is 2.39. The molecule has 2 aromatic rings. The summed E-state index contributed by atoms with van der Waals surface area (Å²) in [5.74, 6) is -1.51. The fraction of sp³-hybridized carbons (Fsp3) is 0.375. The monoisotopic (exact) mass is 476 g/mol. The first-order valence-corrected chi connectivity index (χ1v) is 10.9. The van der Waals surface area contributed by atoms with E-state index in [2.05, 4.69) is 0 Å². The van der Waals surface area contributed by atoms with Crippen LogP contribution < -0.4 is 24.8 Å². The molecule has 0 heterocycles. The van der Waals surface area contributed by atoms with Crippen molar-refractivity contribution in [2.45, 2.75) is 27.2 Å². The van der Waals surface area contributed by atoms with Gasteiger partial charge in [0.25, 0.3) is 5.91 Å². The lowest BCUT2D eigenvalue weighted by atomic mass is 10.2. The summed E-state index contributed by atoms with van der Waals surface area (Å²) in [7, 11) is 0. The number of nitrogens with two attached hydrogens (primary N) is 1. The van der Waals surface area contributed by atoms with Crippen LogP contribution in [0.2, 0.25) is 0 Å². The second kappa shape index (κ2) is 13.0. The van der Waals surface area contributed by atoms with Crippen molar-refractivity contribution in [1.82, 2.24) is 0 Å². The first kappa shape index (κ1) is 26.4. The van der Waals surface area contributed by atoms with Gasteiger partial charge in [0.15, 0.2) is 18.1 Å². The molecule has 2 amide bonds. The number of nitrogens with zero attached hydrogens (tertiary/aromatic N) is 1. The Morgan fingerprint density at radius 1 is 0.912 bits per heavy atom. The molecule has 9 nitrogen and oxygen atoms in total. The first-order chi connectivity index (χ1) is 16.3. The van der Waals surface area contributed by atoms with Crippen LogP contribution >= 0.6 is 0 Å². The van der Waals surface area contributed by atoms with E-state index < -0.39 is 30.2 Å². The third-order valence-corrected chi connectivity index (χ3v) is 4.49. The van der Waals surface area contributed by atoms with Crippen LogP contribution in [0, 0.1) is 5.82 Å². The first-order valence-electron chi connectivity index (χ1n) is 10.9. The number of rotatable bonds is 13. The van der Waals surface area contributed by atoms with Crippen LogP contribution in [-0.2, 0) is 14.3 Å². The smallest absolute Gasteiger partial charge is 0.338 e. The summed E-state index contributed by atoms with van der Waals surface area (Å²) >= 11 is 0. The molecule has 0 bridgehead atoms. The minimum atomic E-state index is -0.785. The molecule has 34 heavy (non-hydrogen) atoms. The predicted molar refractivity (Wildman–Crippen MR) is 123 cm³/mol. The Morgan fingerprint density at radius 3 is 1.97 bits per heavy atom. The molecule has 184 valence electrons. The van der Waals surface area contributed by atoms with Gasteiger partial charge < -0.3 is 29.6 Å². The van der Waals surface area contributed by atoms with E-state index in [1.54, 1.807) is 13.8 Å². The number of esters is 1. The van der Waals surface area contributed by atoms with E-state index in [4.69, 9.17) is 24.7 Å². The van der Waals surface area contributed by atoms with Gasteiger partial charge in [0, 0.05) is 18.7 Å². The summed E-state index contributed by atoms with van der Waals surface area (Å²) < 4.78 is 35.3. The number of hydrogen-bond donors (Lipinski definition) is 1. The molecule has 2 rings (SSSR count). The van der Waals surface area contributed by atoms with Gasteiger partial charge in [-0.2, -0.15) is 0 Å². The van der Waals surface area contributed by atoms with E-state index in [-0.39, 0.29) is 18.5 Å². The van der Waals surface area contributed by atoms with Crippen molar-refractivity contribution in [1.29, 1.82) is 0 Å². The topological polar surface area (TPSA) is 117 Å². The van der Waals surface area contributed by atoms with Crippen molar-refractivity contribution in [2.75, 3.05) is 37.9 Å². The highest BCUT2D eigenvalue weighted by atomic mass is 19.1. The number of halogens is 1. The van der Waals surface area contributed by atoms with Gasteiger partial charge in [0.2, 0.25) is 11.7 Å². The molecule has 2 N–H and O–H groups in total. The molecule has 0 atom stereocenters. The van der Waals surface area contributed by atoms with Gasteiger partial charge in [-0.05, 0) is 57.2 Å². The summed E-state index contributed by atoms with van der Waals surface area (Å²) in [5.41, 5.74) is 5.64. The molecule has 0 saturated heterocycles. The molecular weight excluding hydrogens is 447 g/mol. The molecule has 2 aromatic carbocycles. The van der Waals surface area contributed by atoms with E-state index in [1.807, 2.05) is 6.92 Å². The van der Waals surface area contributed by atoms with Gasteiger partial charge in [-0.15, -0.1) is 0 Å². The van der Waals surface area contributed by atoms with E-state index in [0.717, 1.165) is 0 Å². The second-order valence-electron chi connectivity index (χ2n) is 6.91. The molecule has 0 aliphatic heterocycles. The number of primary amides is 1. The summed E-state index contributed by atoms with van der Waals surface area (Å²) in [4.78, 5) is 37.9. The molecule has 0 radical (unpaired) electrons. The van der Waals surface area contributed by atoms with Gasteiger partial charge >= 0.3 is 5.97 Å². The van der Waals surface area contributed by atoms with Crippen LogP contribution in [0.4, 0.5) is 10.1 Å². The molecular formula is C24H29FN2O7. The lowest BCUT2D eigenvalue weighted by Crippen LogP contribution is -2.37. The second-order valence-corrected chi connectivity index (χ2v) is 6.91. The van der Waals surface area contributed by atoms with Crippen LogP contribution in [0.5, 0.6) is 17.2 Å². The SMILES string of the molecule is CCOc1cc(C(=O)OCC(=O)N(CCC(N)=O)c2ccc(F)cc2)cc(OCC)c1OCC. The van der Waals surface area contributed by atoms with Gasteiger partial charge in [-0.25, -0.2) is 9.18 Å². The highest BCUT2D eigenvalue weighted by molar-refractivity contribution is 5.98. The molecule has 0 spiro atoms. The van der Waals surface area contributed by atoms with Crippen molar-refractivity contribution in [3.63, 3.8) is 0 Å². The Morgan fingerprint density at radius 2 is 1.47 bits per heavy atom. The van der Waals surface area contributed by atoms with Crippen LogP contribution in [-0.4, -0.2) is 50.8 Å². The van der Waals surface area contributed by atoms with E-state index in [9.17, 15) is 18.8 Å². The average molecular weight is 477 g/mol. The molecule has 0 aliphatic carbocycles. The van der Waals surface area contributed by atoms with Crippen LogP contribution in [0.15, 0.2) is 36.4 Å². The van der Waals surface area contributed by atoms with E-state index in [1.165, 1.54) is 41.3 Å². The number of carbonyl (C=O) groups is 3. The Kier molecular flexibility index (Phi) is 10.1. The molecule has 0 aromatic heterocycles. The highest BCUT2D eigenvalue weighted by Gasteiger charge is 2.22. The van der Waals surface area contributed by atoms with Crippen molar-refractivity contribution < 1.29 is 37.7 Å². The van der Waals surface area contributed by atoms with Crippen molar-refractivity contribution in [3.8, 4) is 17.2 Å². The average Bonchev–Trinajstić information content (AvgIpc) is 2.80. The number of amides is 2. The van der Waals surface area contributed by atoms with Crippen LogP contribution in [0.25, 0.3) is 0 Å². The van der Waals surface area contributed by atoms with E-state index >= 15 is 0 Å². The lowest BCUT2D eigenvalue weighted by Gasteiger charge is -2.22. The maximum atomic E-state index is 13.3. The van der Waals surface area contributed by atoms with Crippen molar-refractivity contribution in [3.05, 3.63) is 47.8 Å². The summed E-state index contributed by atoms with van der Waals surface area (Å²) in [5, 5.41) is 0. The maximum absolute atomic E-state index is 13.3. The van der Waals surface area contributed by atoms with Gasteiger partial charge in [0.1, 0.15) is 5.82 Å². The zero-order valence-electron chi connectivity index (χ0n) is 19.5. The Hall–Kier alpha value is -3.82. The Balaban J connectivity index is 2.21. The molecule has 0 fully saturated rings. The normalized spacial score (nSPS) is 10.4. The standard InChI is InChI=1S/C24H29FN2O7/c1-4-31-19-13-16(14-20(32-5-2)23(19)33-6-3)24(30)34-15-22(29)27(12-11-21(26)28)18-9-7-17(25)8-10-18/h7-10,13-14H,4-6,11-12,15H2,1-3H3,(H2,26,28). The number of hydrogen-bond acceptors (Lipinski definition) is 7. The predicted octanol–water partition coefficient (Wildman–Crippen LogP) is 3.09. The number of carbonyl (C=O) groups excluding carboxylic acids is 3. The zero-order valence-corrected chi connectivity index (χ0v) is 19.5. The number of anilines is 1. The van der Waals surface area contributed by atoms with Crippen LogP contribution in [0.1, 0.15) is 37.6 Å². The Bertz CT molecular complexity index is 968. The van der Waals surface area contributed by atoms with Gasteiger partial charge in [0.05, 0.1) is 25.4 Å². The summed E-state index contributed by atoms with van der Waals surface area (Å²) in [6, 6.07) is 8.02. The van der Waals surface area contributed by atoms with Gasteiger partial charge in [-0.3, -0.25) is 9.59 Å². The number of ether oxygens (including phenoxy) is 4. The number of benzene rings is 2. The molecule has 0 saturated carbocycles.